The molecule has 4 rings (SSSR count). The van der Waals surface area contributed by atoms with Crippen LogP contribution in [-0.4, -0.2) is 88.7 Å². The van der Waals surface area contributed by atoms with Crippen molar-refractivity contribution in [1.29, 1.82) is 0 Å². The SMILES string of the molecule is COc1ccc([C@@H]2C[C@H]2NCCS(=O)(=O)CC(NC(=O)c2ccc(F)cc2)C(=O)N2CCOCC2)cc1. The predicted octanol–water partition coefficient (Wildman–Crippen LogP) is 1.35. The summed E-state index contributed by atoms with van der Waals surface area (Å²) in [6.45, 7) is 1.56. The largest absolute Gasteiger partial charge is 0.497 e. The van der Waals surface area contributed by atoms with Gasteiger partial charge in [-0.3, -0.25) is 9.59 Å². The lowest BCUT2D eigenvalue weighted by Crippen LogP contribution is -2.54. The van der Waals surface area contributed by atoms with Gasteiger partial charge in [0.05, 0.1) is 31.8 Å². The monoisotopic (exact) mass is 533 g/mol. The number of nitrogens with one attached hydrogen (secondary N) is 2. The quantitative estimate of drug-likeness (QED) is 0.448. The molecule has 0 bridgehead atoms. The van der Waals surface area contributed by atoms with Crippen LogP contribution in [0.4, 0.5) is 4.39 Å². The van der Waals surface area contributed by atoms with Crippen molar-refractivity contribution >= 4 is 21.7 Å². The molecule has 11 heteroatoms. The summed E-state index contributed by atoms with van der Waals surface area (Å²) in [5.41, 5.74) is 1.30. The van der Waals surface area contributed by atoms with Crippen LogP contribution in [0.25, 0.3) is 0 Å². The zero-order chi connectivity index (χ0) is 26.4. The van der Waals surface area contributed by atoms with Crippen molar-refractivity contribution in [3.05, 3.63) is 65.5 Å². The first-order valence-corrected chi connectivity index (χ1v) is 14.1. The van der Waals surface area contributed by atoms with E-state index in [0.717, 1.165) is 24.3 Å². The minimum atomic E-state index is -3.69. The molecule has 0 radical (unpaired) electrons. The van der Waals surface area contributed by atoms with E-state index >= 15 is 0 Å². The van der Waals surface area contributed by atoms with Gasteiger partial charge in [0.25, 0.3) is 5.91 Å². The lowest BCUT2D eigenvalue weighted by atomic mass is 10.1. The molecule has 2 fully saturated rings. The van der Waals surface area contributed by atoms with Crippen LogP contribution in [0.5, 0.6) is 5.75 Å². The molecule has 2 aliphatic rings. The highest BCUT2D eigenvalue weighted by atomic mass is 32.2. The Hall–Kier alpha value is -3.02. The Labute approximate surface area is 216 Å². The Morgan fingerprint density at radius 1 is 1.11 bits per heavy atom. The molecule has 0 spiro atoms. The van der Waals surface area contributed by atoms with E-state index in [1.54, 1.807) is 7.11 Å². The van der Waals surface area contributed by atoms with Crippen molar-refractivity contribution in [3.63, 3.8) is 0 Å². The van der Waals surface area contributed by atoms with Crippen molar-refractivity contribution in [1.82, 2.24) is 15.5 Å². The number of morpholine rings is 1. The molecule has 2 aromatic carbocycles. The lowest BCUT2D eigenvalue weighted by Gasteiger charge is -2.30. The summed E-state index contributed by atoms with van der Waals surface area (Å²) < 4.78 is 49.6. The summed E-state index contributed by atoms with van der Waals surface area (Å²) in [6, 6.07) is 11.6. The molecule has 9 nitrogen and oxygen atoms in total. The first kappa shape index (κ1) is 27.0. The number of hydrogen-bond donors (Lipinski definition) is 2. The van der Waals surface area contributed by atoms with E-state index in [0.29, 0.717) is 32.2 Å². The second kappa shape index (κ2) is 12.0. The van der Waals surface area contributed by atoms with Gasteiger partial charge in [-0.05, 0) is 48.4 Å². The van der Waals surface area contributed by atoms with Crippen LogP contribution >= 0.6 is 0 Å². The Morgan fingerprint density at radius 2 is 1.78 bits per heavy atom. The topological polar surface area (TPSA) is 114 Å². The molecule has 200 valence electrons. The third-order valence-electron chi connectivity index (χ3n) is 6.61. The van der Waals surface area contributed by atoms with E-state index < -0.39 is 39.3 Å². The number of sulfone groups is 1. The molecule has 3 atom stereocenters. The zero-order valence-corrected chi connectivity index (χ0v) is 21.5. The maximum Gasteiger partial charge on any atom is 0.251 e. The van der Waals surface area contributed by atoms with E-state index in [4.69, 9.17) is 9.47 Å². The van der Waals surface area contributed by atoms with E-state index in [-0.39, 0.29) is 23.9 Å². The molecule has 2 aromatic rings. The Balaban J connectivity index is 1.34. The summed E-state index contributed by atoms with van der Waals surface area (Å²) in [5.74, 6) is -1.20. The van der Waals surface area contributed by atoms with Gasteiger partial charge in [-0.25, -0.2) is 12.8 Å². The summed E-state index contributed by atoms with van der Waals surface area (Å²) in [5, 5.41) is 5.83. The second-order valence-corrected chi connectivity index (χ2v) is 11.5. The molecule has 1 aliphatic heterocycles. The maximum atomic E-state index is 13.2. The zero-order valence-electron chi connectivity index (χ0n) is 20.7. The number of carbonyl (C=O) groups excluding carboxylic acids is 2. The number of halogens is 1. The summed E-state index contributed by atoms with van der Waals surface area (Å²) in [6.07, 6.45) is 0.915. The van der Waals surface area contributed by atoms with Crippen molar-refractivity contribution in [2.45, 2.75) is 24.4 Å². The fourth-order valence-electron chi connectivity index (χ4n) is 4.40. The highest BCUT2D eigenvalue weighted by Gasteiger charge is 2.38. The highest BCUT2D eigenvalue weighted by Crippen LogP contribution is 2.41. The Kier molecular flexibility index (Phi) is 8.78. The molecule has 37 heavy (non-hydrogen) atoms. The molecule has 1 saturated carbocycles. The van der Waals surface area contributed by atoms with Gasteiger partial charge in [-0.1, -0.05) is 12.1 Å². The number of hydrogen-bond acceptors (Lipinski definition) is 7. The first-order chi connectivity index (χ1) is 17.8. The average molecular weight is 534 g/mol. The molecule has 1 saturated heterocycles. The van der Waals surface area contributed by atoms with E-state index in [1.165, 1.54) is 22.6 Å². The van der Waals surface area contributed by atoms with Crippen molar-refractivity contribution in [3.8, 4) is 5.75 Å². The van der Waals surface area contributed by atoms with Crippen molar-refractivity contribution in [2.75, 3.05) is 51.5 Å². The van der Waals surface area contributed by atoms with Crippen molar-refractivity contribution < 1.29 is 31.9 Å². The van der Waals surface area contributed by atoms with Gasteiger partial charge in [0.2, 0.25) is 5.91 Å². The van der Waals surface area contributed by atoms with Gasteiger partial charge in [-0.15, -0.1) is 0 Å². The van der Waals surface area contributed by atoms with Crippen LogP contribution in [0.2, 0.25) is 0 Å². The third kappa shape index (κ3) is 7.50. The lowest BCUT2D eigenvalue weighted by molar-refractivity contribution is -0.136. The molecular weight excluding hydrogens is 501 g/mol. The van der Waals surface area contributed by atoms with Gasteiger partial charge in [0.1, 0.15) is 17.6 Å². The second-order valence-electron chi connectivity index (χ2n) is 9.26. The number of nitrogens with zero attached hydrogens (tertiary/aromatic N) is 1. The molecule has 1 unspecified atom stereocenters. The molecule has 2 amide bonds. The Bertz CT molecular complexity index is 1180. The van der Waals surface area contributed by atoms with Crippen LogP contribution in [0, 0.1) is 5.82 Å². The highest BCUT2D eigenvalue weighted by molar-refractivity contribution is 7.91. The molecular formula is C26H32FN3O6S. The number of benzene rings is 2. The summed E-state index contributed by atoms with van der Waals surface area (Å²) >= 11 is 0. The molecule has 2 N–H and O–H groups in total. The summed E-state index contributed by atoms with van der Waals surface area (Å²) in [4.78, 5) is 27.4. The fraction of sp³-hybridized carbons (Fsp3) is 0.462. The molecule has 1 heterocycles. The number of amides is 2. The van der Waals surface area contributed by atoms with E-state index in [1.807, 2.05) is 24.3 Å². The van der Waals surface area contributed by atoms with Crippen LogP contribution in [0.1, 0.15) is 28.3 Å². The van der Waals surface area contributed by atoms with Gasteiger partial charge < -0.3 is 25.0 Å². The fourth-order valence-corrected chi connectivity index (χ4v) is 5.73. The molecule has 1 aliphatic carbocycles. The number of carbonyl (C=O) groups is 2. The van der Waals surface area contributed by atoms with Crippen molar-refractivity contribution in [2.24, 2.45) is 0 Å². The minimum Gasteiger partial charge on any atom is -0.497 e. The number of rotatable bonds is 11. The van der Waals surface area contributed by atoms with Gasteiger partial charge >= 0.3 is 0 Å². The van der Waals surface area contributed by atoms with Crippen LogP contribution < -0.4 is 15.4 Å². The standard InChI is InChI=1S/C26H32FN3O6S/c1-35-21-8-4-18(5-9-21)22-16-23(22)28-10-15-37(33,34)17-24(26(32)30-11-13-36-14-12-30)29-25(31)19-2-6-20(27)7-3-19/h2-9,22-24,28H,10-17H2,1H3,(H,29,31)/t22-,23+,24?/m0/s1. The Morgan fingerprint density at radius 3 is 2.43 bits per heavy atom. The van der Waals surface area contributed by atoms with Crippen LogP contribution in [-0.2, 0) is 19.4 Å². The number of methoxy groups -OCH3 is 1. The van der Waals surface area contributed by atoms with E-state index in [2.05, 4.69) is 10.6 Å². The maximum absolute atomic E-state index is 13.2. The van der Waals surface area contributed by atoms with Gasteiger partial charge in [-0.2, -0.15) is 0 Å². The third-order valence-corrected chi connectivity index (χ3v) is 8.27. The van der Waals surface area contributed by atoms with Crippen LogP contribution in [0.3, 0.4) is 0 Å². The van der Waals surface area contributed by atoms with E-state index in [9.17, 15) is 22.4 Å². The summed E-state index contributed by atoms with van der Waals surface area (Å²) in [7, 11) is -2.08. The van der Waals surface area contributed by atoms with Gasteiger partial charge in [0, 0.05) is 37.2 Å². The number of ether oxygens (including phenoxy) is 2. The van der Waals surface area contributed by atoms with Crippen LogP contribution in [0.15, 0.2) is 48.5 Å². The first-order valence-electron chi connectivity index (χ1n) is 12.3. The predicted molar refractivity (Wildman–Crippen MR) is 136 cm³/mol. The smallest absolute Gasteiger partial charge is 0.251 e. The minimum absolute atomic E-state index is 0.138. The van der Waals surface area contributed by atoms with Gasteiger partial charge in [0.15, 0.2) is 9.84 Å². The molecule has 0 aromatic heterocycles. The normalized spacial score (nSPS) is 20.2. The average Bonchev–Trinajstić information content (AvgIpc) is 3.68.